The van der Waals surface area contributed by atoms with Gasteiger partial charge in [-0.05, 0) is 24.3 Å². The van der Waals surface area contributed by atoms with Gasteiger partial charge in [-0.3, -0.25) is 4.40 Å². The Bertz CT molecular complexity index is 985. The van der Waals surface area contributed by atoms with E-state index in [0.717, 1.165) is 17.3 Å². The summed E-state index contributed by atoms with van der Waals surface area (Å²) in [5.41, 5.74) is 1.41. The fourth-order valence-electron chi connectivity index (χ4n) is 2.45. The Morgan fingerprint density at radius 3 is 2.42 bits per heavy atom. The molecule has 3 aromatic heterocycles. The lowest BCUT2D eigenvalue weighted by Gasteiger charge is -2.07. The van der Waals surface area contributed by atoms with Gasteiger partial charge in [0.2, 0.25) is 5.78 Å². The van der Waals surface area contributed by atoms with Crippen molar-refractivity contribution in [3.8, 4) is 16.9 Å². The minimum atomic E-state index is -4.49. The maximum absolute atomic E-state index is 12.7. The maximum atomic E-state index is 12.7. The molecule has 24 heavy (non-hydrogen) atoms. The highest BCUT2D eigenvalue weighted by Gasteiger charge is 2.32. The molecule has 0 aliphatic heterocycles. The highest BCUT2D eigenvalue weighted by atomic mass is 19.4. The van der Waals surface area contributed by atoms with Crippen molar-refractivity contribution < 1.29 is 13.2 Å². The highest BCUT2D eigenvalue weighted by Crippen LogP contribution is 2.29. The predicted molar refractivity (Wildman–Crippen MR) is 80.5 cm³/mol. The van der Waals surface area contributed by atoms with Gasteiger partial charge < -0.3 is 0 Å². The minimum absolute atomic E-state index is 0.0102. The lowest BCUT2D eigenvalue weighted by molar-refractivity contribution is -0.141. The molecule has 0 aliphatic rings. The lowest BCUT2D eigenvalue weighted by Crippen LogP contribution is -2.09. The fourth-order valence-corrected chi connectivity index (χ4v) is 2.45. The third kappa shape index (κ3) is 2.41. The zero-order valence-electron chi connectivity index (χ0n) is 12.1. The van der Waals surface area contributed by atoms with Crippen LogP contribution in [0.1, 0.15) is 5.69 Å². The summed E-state index contributed by atoms with van der Waals surface area (Å²) in [6.07, 6.45) is 1.85. The number of imidazole rings is 1. The molecule has 120 valence electrons. The van der Waals surface area contributed by atoms with Crippen LogP contribution >= 0.6 is 0 Å². The molecule has 0 saturated heterocycles. The van der Waals surface area contributed by atoms with E-state index >= 15 is 0 Å². The number of benzene rings is 1. The number of nitrogens with zero attached hydrogens (tertiary/aromatic N) is 5. The summed E-state index contributed by atoms with van der Waals surface area (Å²) < 4.78 is 41.4. The van der Waals surface area contributed by atoms with Crippen molar-refractivity contribution in [2.45, 2.75) is 6.18 Å². The van der Waals surface area contributed by atoms with E-state index in [1.54, 1.807) is 10.9 Å². The number of fused-ring (bicyclic) bond motifs is 1. The first-order chi connectivity index (χ1) is 11.5. The van der Waals surface area contributed by atoms with Crippen molar-refractivity contribution in [2.24, 2.45) is 0 Å². The van der Waals surface area contributed by atoms with Crippen LogP contribution in [0.3, 0.4) is 0 Å². The van der Waals surface area contributed by atoms with Gasteiger partial charge in [-0.1, -0.05) is 12.1 Å². The van der Waals surface area contributed by atoms with Gasteiger partial charge in [0.1, 0.15) is 5.69 Å². The Morgan fingerprint density at radius 2 is 1.75 bits per heavy atom. The highest BCUT2D eigenvalue weighted by molar-refractivity contribution is 5.63. The van der Waals surface area contributed by atoms with Gasteiger partial charge in [-0.15, -0.1) is 0 Å². The summed E-state index contributed by atoms with van der Waals surface area (Å²) in [6, 6.07) is 10.2. The third-order valence-corrected chi connectivity index (χ3v) is 3.60. The quantitative estimate of drug-likeness (QED) is 0.564. The number of rotatable bonds is 2. The molecular weight excluding hydrogens is 319 g/mol. The molecule has 0 unspecified atom stereocenters. The molecule has 0 fully saturated rings. The van der Waals surface area contributed by atoms with E-state index in [1.165, 1.54) is 16.8 Å². The number of alkyl halides is 3. The molecule has 0 N–H and O–H groups in total. The van der Waals surface area contributed by atoms with Crippen molar-refractivity contribution in [1.82, 2.24) is 24.1 Å². The smallest absolute Gasteiger partial charge is 0.284 e. The van der Waals surface area contributed by atoms with Crippen LogP contribution in [-0.4, -0.2) is 24.1 Å². The van der Waals surface area contributed by atoms with Gasteiger partial charge in [0.05, 0.1) is 17.6 Å². The molecule has 3 heterocycles. The van der Waals surface area contributed by atoms with Crippen LogP contribution in [0.5, 0.6) is 0 Å². The molecule has 4 rings (SSSR count). The summed E-state index contributed by atoms with van der Waals surface area (Å²) in [7, 11) is 0. The summed E-state index contributed by atoms with van der Waals surface area (Å²) in [4.78, 5) is 7.54. The van der Waals surface area contributed by atoms with Gasteiger partial charge in [-0.2, -0.15) is 18.3 Å². The fraction of sp³-hybridized carbons (Fsp3) is 0.0625. The van der Waals surface area contributed by atoms with E-state index in [4.69, 9.17) is 0 Å². The molecule has 0 saturated carbocycles. The molecule has 0 radical (unpaired) electrons. The first-order valence-corrected chi connectivity index (χ1v) is 7.04. The van der Waals surface area contributed by atoms with Crippen LogP contribution < -0.4 is 0 Å². The topological polar surface area (TPSA) is 48.0 Å². The van der Waals surface area contributed by atoms with Crippen LogP contribution in [0.15, 0.2) is 61.2 Å². The molecular formula is C16H10F3N5. The maximum Gasteiger partial charge on any atom is 0.433 e. The van der Waals surface area contributed by atoms with Crippen LogP contribution in [0.4, 0.5) is 13.2 Å². The van der Waals surface area contributed by atoms with Crippen molar-refractivity contribution in [3.63, 3.8) is 0 Å². The Hall–Kier alpha value is -3.16. The molecule has 0 amide bonds. The zero-order valence-corrected chi connectivity index (χ0v) is 12.1. The predicted octanol–water partition coefficient (Wildman–Crippen LogP) is 3.60. The van der Waals surface area contributed by atoms with Crippen LogP contribution in [0, 0.1) is 0 Å². The third-order valence-electron chi connectivity index (χ3n) is 3.60. The molecule has 1 aromatic carbocycles. The van der Waals surface area contributed by atoms with Crippen LogP contribution in [0.25, 0.3) is 22.7 Å². The molecule has 0 aliphatic carbocycles. The van der Waals surface area contributed by atoms with Gasteiger partial charge in [0.25, 0.3) is 0 Å². The second-order valence-electron chi connectivity index (χ2n) is 5.12. The summed E-state index contributed by atoms with van der Waals surface area (Å²) >= 11 is 0. The zero-order chi connectivity index (χ0) is 16.7. The minimum Gasteiger partial charge on any atom is -0.284 e. The van der Waals surface area contributed by atoms with Gasteiger partial charge in [-0.25, -0.2) is 14.6 Å². The van der Waals surface area contributed by atoms with E-state index in [9.17, 15) is 13.2 Å². The van der Waals surface area contributed by atoms with Gasteiger partial charge in [0.15, 0.2) is 0 Å². The molecule has 0 atom stereocenters. The van der Waals surface area contributed by atoms with E-state index in [0.29, 0.717) is 5.69 Å². The number of halogens is 3. The second-order valence-corrected chi connectivity index (χ2v) is 5.12. The Kier molecular flexibility index (Phi) is 3.12. The largest absolute Gasteiger partial charge is 0.433 e. The normalized spacial score (nSPS) is 12.0. The number of hydrogen-bond donors (Lipinski definition) is 0. The van der Waals surface area contributed by atoms with Crippen molar-refractivity contribution in [1.29, 1.82) is 0 Å². The van der Waals surface area contributed by atoms with Gasteiger partial charge in [0, 0.05) is 24.2 Å². The molecule has 4 aromatic rings. The Labute approximate surface area is 134 Å². The monoisotopic (exact) mass is 329 g/mol. The Balaban J connectivity index is 1.74. The standard InChI is InChI=1S/C16H10F3N5/c17-16(18,19)14-6-9-23-13(10-20-15(23)22-14)11-2-4-12(5-3-11)24-8-1-7-21-24/h1-10H. The van der Waals surface area contributed by atoms with E-state index in [2.05, 4.69) is 15.1 Å². The van der Waals surface area contributed by atoms with Crippen molar-refractivity contribution in [3.05, 3.63) is 66.9 Å². The van der Waals surface area contributed by atoms with E-state index < -0.39 is 11.9 Å². The van der Waals surface area contributed by atoms with Gasteiger partial charge >= 0.3 is 6.18 Å². The Morgan fingerprint density at radius 1 is 0.958 bits per heavy atom. The average Bonchev–Trinajstić information content (AvgIpc) is 3.23. The summed E-state index contributed by atoms with van der Waals surface area (Å²) in [6.45, 7) is 0. The molecule has 8 heteroatoms. The van der Waals surface area contributed by atoms with Crippen molar-refractivity contribution in [2.75, 3.05) is 0 Å². The van der Waals surface area contributed by atoms with Crippen LogP contribution in [0.2, 0.25) is 0 Å². The SMILES string of the molecule is FC(F)(F)c1ccn2c(-c3ccc(-n4cccn4)cc3)cnc2n1. The molecule has 5 nitrogen and oxygen atoms in total. The summed E-state index contributed by atoms with van der Waals surface area (Å²) in [5.74, 6) is 0.0102. The number of hydrogen-bond acceptors (Lipinski definition) is 3. The van der Waals surface area contributed by atoms with Crippen LogP contribution in [-0.2, 0) is 6.18 Å². The molecule has 0 bridgehead atoms. The van der Waals surface area contributed by atoms with E-state index in [1.807, 2.05) is 36.5 Å². The average molecular weight is 329 g/mol. The molecule has 0 spiro atoms. The number of aromatic nitrogens is 5. The lowest BCUT2D eigenvalue weighted by atomic mass is 10.1. The first kappa shape index (κ1) is 14.4. The first-order valence-electron chi connectivity index (χ1n) is 7.04. The second kappa shape index (κ2) is 5.19. The van der Waals surface area contributed by atoms with Crippen molar-refractivity contribution >= 4 is 5.78 Å². The van der Waals surface area contributed by atoms with E-state index in [-0.39, 0.29) is 5.78 Å². The summed E-state index contributed by atoms with van der Waals surface area (Å²) in [5, 5.41) is 4.14.